The quantitative estimate of drug-likeness (QED) is 0.472. The van der Waals surface area contributed by atoms with Gasteiger partial charge in [0.2, 0.25) is 0 Å². The van der Waals surface area contributed by atoms with E-state index in [9.17, 15) is 0 Å². The molecule has 0 aliphatic carbocycles. The second-order valence-electron chi connectivity index (χ2n) is 5.18. The molecule has 0 spiro atoms. The highest BCUT2D eigenvalue weighted by Gasteiger charge is 2.51. The normalized spacial score (nSPS) is 40.9. The number of likely N-dealkylation sites (tertiary alicyclic amines) is 1. The minimum atomic E-state index is 0.458. The summed E-state index contributed by atoms with van der Waals surface area (Å²) < 4.78 is 1.17. The monoisotopic (exact) mass is 156 g/mol. The van der Waals surface area contributed by atoms with Crippen molar-refractivity contribution >= 4 is 0 Å². The summed E-state index contributed by atoms with van der Waals surface area (Å²) in [7, 11) is 4.71. The maximum Gasteiger partial charge on any atom is 0.0961 e. The van der Waals surface area contributed by atoms with Gasteiger partial charge in [-0.3, -0.25) is 0 Å². The lowest BCUT2D eigenvalue weighted by Crippen LogP contribution is -2.56. The van der Waals surface area contributed by atoms with Crippen LogP contribution in [-0.4, -0.2) is 30.2 Å². The summed E-state index contributed by atoms with van der Waals surface area (Å²) in [4.78, 5) is 0. The van der Waals surface area contributed by atoms with Crippen molar-refractivity contribution in [2.24, 2.45) is 5.92 Å². The van der Waals surface area contributed by atoms with Crippen molar-refractivity contribution in [3.63, 3.8) is 0 Å². The molecule has 0 aromatic carbocycles. The van der Waals surface area contributed by atoms with E-state index in [-0.39, 0.29) is 0 Å². The summed E-state index contributed by atoms with van der Waals surface area (Å²) >= 11 is 0. The van der Waals surface area contributed by atoms with Crippen LogP contribution in [0, 0.1) is 5.92 Å². The zero-order valence-corrected chi connectivity index (χ0v) is 8.81. The molecule has 1 saturated heterocycles. The molecule has 0 N–H and O–H groups in total. The predicted octanol–water partition coefficient (Wildman–Crippen LogP) is 2.27. The maximum atomic E-state index is 2.39. The Morgan fingerprint density at radius 3 is 1.73 bits per heavy atom. The molecule has 0 saturated carbocycles. The van der Waals surface area contributed by atoms with E-state index in [4.69, 9.17) is 0 Å². The summed E-state index contributed by atoms with van der Waals surface area (Å²) in [6.07, 6.45) is 1.38. The zero-order chi connectivity index (χ0) is 8.86. The third-order valence-electron chi connectivity index (χ3n) is 4.49. The van der Waals surface area contributed by atoms with Crippen molar-refractivity contribution in [3.05, 3.63) is 0 Å². The molecule has 1 nitrogen and oxygen atoms in total. The lowest BCUT2D eigenvalue weighted by molar-refractivity contribution is -0.946. The highest BCUT2D eigenvalue weighted by atomic mass is 15.4. The fourth-order valence-corrected chi connectivity index (χ4v) is 2.20. The van der Waals surface area contributed by atoms with Gasteiger partial charge in [0.05, 0.1) is 25.7 Å². The van der Waals surface area contributed by atoms with Crippen LogP contribution in [0.15, 0.2) is 0 Å². The Hall–Kier alpha value is -0.0400. The summed E-state index contributed by atoms with van der Waals surface area (Å²) in [5.41, 5.74) is 0.458. The molecule has 1 heteroatoms. The van der Waals surface area contributed by atoms with Crippen molar-refractivity contribution in [1.82, 2.24) is 0 Å². The smallest absolute Gasteiger partial charge is 0.0961 e. The van der Waals surface area contributed by atoms with E-state index < -0.39 is 0 Å². The van der Waals surface area contributed by atoms with Crippen LogP contribution in [0.5, 0.6) is 0 Å². The van der Waals surface area contributed by atoms with Gasteiger partial charge in [-0.25, -0.2) is 0 Å². The van der Waals surface area contributed by atoms with Crippen molar-refractivity contribution in [2.45, 2.75) is 45.7 Å². The summed E-state index contributed by atoms with van der Waals surface area (Å²) in [6, 6.07) is 0.819. The van der Waals surface area contributed by atoms with Crippen LogP contribution in [-0.2, 0) is 0 Å². The van der Waals surface area contributed by atoms with Crippen molar-refractivity contribution in [1.29, 1.82) is 0 Å². The van der Waals surface area contributed by atoms with Gasteiger partial charge in [0, 0.05) is 12.3 Å². The molecule has 1 aliphatic heterocycles. The molecule has 1 aliphatic rings. The van der Waals surface area contributed by atoms with Gasteiger partial charge in [0.1, 0.15) is 0 Å². The summed E-state index contributed by atoms with van der Waals surface area (Å²) in [5.74, 6) is 0.854. The number of hydrogen-bond donors (Lipinski definition) is 0. The Labute approximate surface area is 71.0 Å². The van der Waals surface area contributed by atoms with Crippen LogP contribution < -0.4 is 0 Å². The van der Waals surface area contributed by atoms with E-state index in [1.165, 1.54) is 10.9 Å². The first kappa shape index (κ1) is 9.05. The highest BCUT2D eigenvalue weighted by molar-refractivity contribution is 4.85. The van der Waals surface area contributed by atoms with Crippen molar-refractivity contribution in [3.8, 4) is 0 Å². The first-order valence-electron chi connectivity index (χ1n) is 4.64. The number of nitrogens with zero attached hydrogens (tertiary/aromatic N) is 1. The molecule has 1 heterocycles. The minimum absolute atomic E-state index is 0.458. The standard InChI is InChI=1S/C10H22N/c1-8-7-9(2)11(5,6)10(8,3)4/h8-9H,7H2,1-6H3/q+1. The first-order valence-corrected chi connectivity index (χ1v) is 4.64. The molecule has 1 fully saturated rings. The second kappa shape index (κ2) is 2.22. The van der Waals surface area contributed by atoms with Crippen molar-refractivity contribution in [2.75, 3.05) is 14.1 Å². The van der Waals surface area contributed by atoms with E-state index in [0.29, 0.717) is 5.54 Å². The van der Waals surface area contributed by atoms with Gasteiger partial charge in [-0.2, -0.15) is 0 Å². The predicted molar refractivity (Wildman–Crippen MR) is 49.4 cm³/mol. The molecule has 2 unspecified atom stereocenters. The van der Waals surface area contributed by atoms with Crippen LogP contribution in [0.4, 0.5) is 0 Å². The molecule has 0 amide bonds. The Kier molecular flexibility index (Phi) is 1.83. The van der Waals surface area contributed by atoms with Gasteiger partial charge in [-0.1, -0.05) is 6.92 Å². The second-order valence-corrected chi connectivity index (χ2v) is 5.18. The van der Waals surface area contributed by atoms with Gasteiger partial charge in [0.15, 0.2) is 0 Å². The van der Waals surface area contributed by atoms with E-state index in [0.717, 1.165) is 12.0 Å². The average molecular weight is 156 g/mol. The maximum absolute atomic E-state index is 2.39. The van der Waals surface area contributed by atoms with Crippen LogP contribution in [0.25, 0.3) is 0 Å². The van der Waals surface area contributed by atoms with Crippen LogP contribution in [0.2, 0.25) is 0 Å². The van der Waals surface area contributed by atoms with Crippen LogP contribution in [0.1, 0.15) is 34.1 Å². The van der Waals surface area contributed by atoms with Gasteiger partial charge >= 0.3 is 0 Å². The third kappa shape index (κ3) is 1.01. The van der Waals surface area contributed by atoms with E-state index in [2.05, 4.69) is 41.8 Å². The van der Waals surface area contributed by atoms with Gasteiger partial charge in [-0.15, -0.1) is 0 Å². The van der Waals surface area contributed by atoms with E-state index >= 15 is 0 Å². The number of rotatable bonds is 0. The largest absolute Gasteiger partial charge is 0.322 e. The Morgan fingerprint density at radius 1 is 1.18 bits per heavy atom. The Bertz CT molecular complexity index is 140. The summed E-state index contributed by atoms with van der Waals surface area (Å²) in [5, 5.41) is 0. The molecule has 2 atom stereocenters. The Morgan fingerprint density at radius 2 is 1.64 bits per heavy atom. The molecule has 0 aromatic heterocycles. The molecular formula is C10H22N+. The molecule has 66 valence electrons. The molecule has 1 rings (SSSR count). The molecule has 0 aromatic rings. The molecular weight excluding hydrogens is 134 g/mol. The number of quaternary nitrogens is 1. The molecule has 11 heavy (non-hydrogen) atoms. The number of hydrogen-bond acceptors (Lipinski definition) is 0. The van der Waals surface area contributed by atoms with Gasteiger partial charge in [0.25, 0.3) is 0 Å². The van der Waals surface area contributed by atoms with Gasteiger partial charge in [-0.05, 0) is 20.8 Å². The molecule has 0 bridgehead atoms. The lowest BCUT2D eigenvalue weighted by atomic mass is 9.89. The Balaban J connectivity index is 2.95. The first-order chi connectivity index (χ1) is 4.80. The highest BCUT2D eigenvalue weighted by Crippen LogP contribution is 2.42. The zero-order valence-electron chi connectivity index (χ0n) is 8.81. The lowest BCUT2D eigenvalue weighted by Gasteiger charge is -2.43. The van der Waals surface area contributed by atoms with E-state index in [1.807, 2.05) is 0 Å². The minimum Gasteiger partial charge on any atom is -0.322 e. The third-order valence-corrected chi connectivity index (χ3v) is 4.49. The van der Waals surface area contributed by atoms with Crippen LogP contribution >= 0.6 is 0 Å². The van der Waals surface area contributed by atoms with Crippen LogP contribution in [0.3, 0.4) is 0 Å². The van der Waals surface area contributed by atoms with E-state index in [1.54, 1.807) is 0 Å². The average Bonchev–Trinajstić information content (AvgIpc) is 1.95. The fourth-order valence-electron chi connectivity index (χ4n) is 2.20. The SMILES string of the molecule is CC1CC(C)[N+](C)(C)C1(C)C. The molecule has 0 radical (unpaired) electrons. The van der Waals surface area contributed by atoms with Crippen molar-refractivity contribution < 1.29 is 4.48 Å². The van der Waals surface area contributed by atoms with Gasteiger partial charge < -0.3 is 4.48 Å². The fraction of sp³-hybridized carbons (Fsp3) is 1.00. The topological polar surface area (TPSA) is 0 Å². The summed E-state index contributed by atoms with van der Waals surface area (Å²) in [6.45, 7) is 9.52.